The normalized spacial score (nSPS) is 20.6. The minimum absolute atomic E-state index is 0.331. The van der Waals surface area contributed by atoms with Gasteiger partial charge in [-0.15, -0.1) is 0 Å². The largest absolute Gasteiger partial charge is 0.340 e. The number of piperazine rings is 1. The third-order valence-electron chi connectivity index (χ3n) is 5.19. The van der Waals surface area contributed by atoms with Gasteiger partial charge in [-0.2, -0.15) is 0 Å². The Morgan fingerprint density at radius 1 is 1.04 bits per heavy atom. The highest BCUT2D eigenvalue weighted by molar-refractivity contribution is 5.76. The Morgan fingerprint density at radius 3 is 2.43 bits per heavy atom. The number of hydrogen-bond acceptors (Lipinski definition) is 3. The smallest absolute Gasteiger partial charge is 0.223 e. The first-order chi connectivity index (χ1) is 11.3. The second-order valence-electron chi connectivity index (χ2n) is 6.86. The molecule has 3 rings (SSSR count). The highest BCUT2D eigenvalue weighted by Crippen LogP contribution is 2.21. The average Bonchev–Trinajstić information content (AvgIpc) is 2.62. The Bertz CT molecular complexity index is 477. The lowest BCUT2D eigenvalue weighted by Gasteiger charge is -2.33. The maximum absolute atomic E-state index is 12.2. The van der Waals surface area contributed by atoms with Gasteiger partial charge in [0.05, 0.1) is 0 Å². The fraction of sp³-hybridized carbons (Fsp3) is 0.632. The van der Waals surface area contributed by atoms with Gasteiger partial charge in [-0.25, -0.2) is 0 Å². The standard InChI is InChI=1S/C19H29N3O/c23-19(22-14-9-20-10-15-22)8-13-21-11-6-18(7-12-21)16-17-4-2-1-3-5-17/h1-5,18,20H,6-16H2. The van der Waals surface area contributed by atoms with Gasteiger partial charge in [-0.3, -0.25) is 4.79 Å². The van der Waals surface area contributed by atoms with Crippen molar-refractivity contribution in [2.75, 3.05) is 45.8 Å². The summed E-state index contributed by atoms with van der Waals surface area (Å²) in [5.74, 6) is 1.13. The molecule has 0 aromatic heterocycles. The molecule has 0 bridgehead atoms. The molecule has 0 aliphatic carbocycles. The summed E-state index contributed by atoms with van der Waals surface area (Å²) in [7, 11) is 0. The van der Waals surface area contributed by atoms with Crippen molar-refractivity contribution in [2.24, 2.45) is 5.92 Å². The number of carbonyl (C=O) groups is 1. The zero-order valence-electron chi connectivity index (χ0n) is 14.0. The van der Waals surface area contributed by atoms with Crippen LogP contribution in [0, 0.1) is 5.92 Å². The molecule has 1 aromatic rings. The van der Waals surface area contributed by atoms with Crippen LogP contribution >= 0.6 is 0 Å². The molecule has 1 amide bonds. The van der Waals surface area contributed by atoms with Crippen molar-refractivity contribution in [1.82, 2.24) is 15.1 Å². The first-order valence-corrected chi connectivity index (χ1v) is 9.06. The number of rotatable bonds is 5. The van der Waals surface area contributed by atoms with Crippen molar-refractivity contribution in [3.05, 3.63) is 35.9 Å². The van der Waals surface area contributed by atoms with Crippen LogP contribution in [0.4, 0.5) is 0 Å². The zero-order valence-corrected chi connectivity index (χ0v) is 14.0. The second-order valence-corrected chi connectivity index (χ2v) is 6.86. The molecule has 2 aliphatic heterocycles. The molecular formula is C19H29N3O. The molecule has 126 valence electrons. The van der Waals surface area contributed by atoms with Gasteiger partial charge in [0.15, 0.2) is 0 Å². The van der Waals surface area contributed by atoms with E-state index in [0.717, 1.165) is 51.7 Å². The van der Waals surface area contributed by atoms with Gasteiger partial charge >= 0.3 is 0 Å². The number of piperidine rings is 1. The second kappa shape index (κ2) is 8.46. The lowest BCUT2D eigenvalue weighted by Crippen LogP contribution is -2.47. The van der Waals surface area contributed by atoms with Crippen LogP contribution in [0.2, 0.25) is 0 Å². The third kappa shape index (κ3) is 5.05. The van der Waals surface area contributed by atoms with Gasteiger partial charge in [-0.1, -0.05) is 30.3 Å². The summed E-state index contributed by atoms with van der Waals surface area (Å²) in [6.07, 6.45) is 4.41. The Morgan fingerprint density at radius 2 is 1.74 bits per heavy atom. The summed E-state index contributed by atoms with van der Waals surface area (Å²) < 4.78 is 0. The molecule has 0 radical (unpaired) electrons. The lowest BCUT2D eigenvalue weighted by molar-refractivity contribution is -0.132. The molecule has 2 aliphatic rings. The van der Waals surface area contributed by atoms with E-state index in [2.05, 4.69) is 40.5 Å². The van der Waals surface area contributed by atoms with E-state index in [4.69, 9.17) is 0 Å². The summed E-state index contributed by atoms with van der Waals surface area (Å²) in [6.45, 7) is 6.85. The SMILES string of the molecule is O=C(CCN1CCC(Cc2ccccc2)CC1)N1CCNCC1. The predicted octanol–water partition coefficient (Wildman–Crippen LogP) is 1.76. The minimum atomic E-state index is 0.331. The number of amides is 1. The summed E-state index contributed by atoms with van der Waals surface area (Å²) in [5.41, 5.74) is 1.46. The highest BCUT2D eigenvalue weighted by Gasteiger charge is 2.21. The Labute approximate surface area is 139 Å². The fourth-order valence-electron chi connectivity index (χ4n) is 3.69. The molecule has 0 saturated carbocycles. The molecule has 23 heavy (non-hydrogen) atoms. The van der Waals surface area contributed by atoms with Crippen LogP contribution in [-0.4, -0.2) is 61.5 Å². The maximum Gasteiger partial charge on any atom is 0.223 e. The van der Waals surface area contributed by atoms with Crippen LogP contribution in [0.1, 0.15) is 24.8 Å². The number of benzene rings is 1. The fourth-order valence-corrected chi connectivity index (χ4v) is 3.69. The molecule has 4 heteroatoms. The van der Waals surface area contributed by atoms with E-state index in [-0.39, 0.29) is 0 Å². The van der Waals surface area contributed by atoms with Gasteiger partial charge < -0.3 is 15.1 Å². The van der Waals surface area contributed by atoms with Crippen molar-refractivity contribution in [3.8, 4) is 0 Å². The van der Waals surface area contributed by atoms with E-state index >= 15 is 0 Å². The third-order valence-corrected chi connectivity index (χ3v) is 5.19. The summed E-state index contributed by atoms with van der Waals surface area (Å²) in [6, 6.07) is 10.8. The molecular weight excluding hydrogens is 286 g/mol. The van der Waals surface area contributed by atoms with E-state index in [0.29, 0.717) is 12.3 Å². The van der Waals surface area contributed by atoms with Crippen molar-refractivity contribution in [1.29, 1.82) is 0 Å². The zero-order chi connectivity index (χ0) is 15.9. The topological polar surface area (TPSA) is 35.6 Å². The van der Waals surface area contributed by atoms with Gasteiger partial charge in [0.25, 0.3) is 0 Å². The summed E-state index contributed by atoms with van der Waals surface area (Å²) in [5, 5.41) is 3.30. The van der Waals surface area contributed by atoms with Crippen LogP contribution in [0.3, 0.4) is 0 Å². The molecule has 1 aromatic carbocycles. The van der Waals surface area contributed by atoms with E-state index < -0.39 is 0 Å². The van der Waals surface area contributed by atoms with Crippen LogP contribution < -0.4 is 5.32 Å². The Balaban J connectivity index is 1.35. The van der Waals surface area contributed by atoms with E-state index in [1.54, 1.807) is 0 Å². The molecule has 0 spiro atoms. The van der Waals surface area contributed by atoms with Crippen LogP contribution in [0.5, 0.6) is 0 Å². The maximum atomic E-state index is 12.2. The highest BCUT2D eigenvalue weighted by atomic mass is 16.2. The van der Waals surface area contributed by atoms with E-state index in [1.165, 1.54) is 24.8 Å². The summed E-state index contributed by atoms with van der Waals surface area (Å²) >= 11 is 0. The Hall–Kier alpha value is -1.39. The lowest BCUT2D eigenvalue weighted by atomic mass is 9.90. The number of carbonyl (C=O) groups excluding carboxylic acids is 1. The minimum Gasteiger partial charge on any atom is -0.340 e. The van der Waals surface area contributed by atoms with Crippen molar-refractivity contribution in [3.63, 3.8) is 0 Å². The van der Waals surface area contributed by atoms with Gasteiger partial charge in [0.1, 0.15) is 0 Å². The van der Waals surface area contributed by atoms with Gasteiger partial charge in [0, 0.05) is 39.1 Å². The molecule has 4 nitrogen and oxygen atoms in total. The average molecular weight is 315 g/mol. The number of likely N-dealkylation sites (tertiary alicyclic amines) is 1. The molecule has 2 saturated heterocycles. The number of nitrogens with one attached hydrogen (secondary N) is 1. The number of nitrogens with zero attached hydrogens (tertiary/aromatic N) is 2. The molecule has 2 heterocycles. The number of hydrogen-bond donors (Lipinski definition) is 1. The van der Waals surface area contributed by atoms with Crippen molar-refractivity contribution < 1.29 is 4.79 Å². The van der Waals surface area contributed by atoms with Crippen molar-refractivity contribution in [2.45, 2.75) is 25.7 Å². The van der Waals surface area contributed by atoms with Gasteiger partial charge in [0.2, 0.25) is 5.91 Å². The molecule has 2 fully saturated rings. The first-order valence-electron chi connectivity index (χ1n) is 9.06. The monoisotopic (exact) mass is 315 g/mol. The molecule has 0 atom stereocenters. The van der Waals surface area contributed by atoms with Crippen molar-refractivity contribution >= 4 is 5.91 Å². The van der Waals surface area contributed by atoms with Crippen LogP contribution in [-0.2, 0) is 11.2 Å². The molecule has 1 N–H and O–H groups in total. The Kier molecular flexibility index (Phi) is 6.06. The quantitative estimate of drug-likeness (QED) is 0.899. The van der Waals surface area contributed by atoms with Crippen LogP contribution in [0.25, 0.3) is 0 Å². The summed E-state index contributed by atoms with van der Waals surface area (Å²) in [4.78, 5) is 16.7. The van der Waals surface area contributed by atoms with Gasteiger partial charge in [-0.05, 0) is 43.8 Å². The first kappa shape index (κ1) is 16.5. The van der Waals surface area contributed by atoms with E-state index in [9.17, 15) is 4.79 Å². The molecule has 0 unspecified atom stereocenters. The van der Waals surface area contributed by atoms with Crippen LogP contribution in [0.15, 0.2) is 30.3 Å². The van der Waals surface area contributed by atoms with E-state index in [1.807, 2.05) is 4.90 Å². The predicted molar refractivity (Wildman–Crippen MR) is 93.4 cm³/mol.